The highest BCUT2D eigenvalue weighted by atomic mass is 14.2. The third-order valence-electron chi connectivity index (χ3n) is 2.42. The standard InChI is InChI=1S/C12H14/c1-10(12-7-8-12)9-11-5-3-2-4-6-11/h2-6H,7-9H2,1H3. The van der Waals surface area contributed by atoms with E-state index in [1.165, 1.54) is 18.4 Å². The lowest BCUT2D eigenvalue weighted by atomic mass is 10.1. The lowest BCUT2D eigenvalue weighted by Crippen LogP contribution is -1.85. The van der Waals surface area contributed by atoms with E-state index in [9.17, 15) is 0 Å². The van der Waals surface area contributed by atoms with Crippen molar-refractivity contribution in [2.45, 2.75) is 26.2 Å². The summed E-state index contributed by atoms with van der Waals surface area (Å²) in [7, 11) is 0. The molecule has 1 aliphatic rings. The molecule has 0 amide bonds. The van der Waals surface area contributed by atoms with Crippen LogP contribution in [0.3, 0.4) is 0 Å². The Morgan fingerprint density at radius 2 is 1.83 bits per heavy atom. The maximum atomic E-state index is 2.26. The molecule has 0 saturated heterocycles. The Labute approximate surface area is 73.9 Å². The van der Waals surface area contributed by atoms with Crippen molar-refractivity contribution in [3.05, 3.63) is 47.0 Å². The highest BCUT2D eigenvalue weighted by Crippen LogP contribution is 2.32. The molecule has 0 unspecified atom stereocenters. The fourth-order valence-corrected chi connectivity index (χ4v) is 1.52. The minimum atomic E-state index is 1.15. The van der Waals surface area contributed by atoms with E-state index < -0.39 is 0 Å². The number of hydrogen-bond acceptors (Lipinski definition) is 0. The molecule has 0 heteroatoms. The van der Waals surface area contributed by atoms with Crippen LogP contribution in [-0.4, -0.2) is 0 Å². The first kappa shape index (κ1) is 7.60. The second-order valence-electron chi connectivity index (χ2n) is 3.55. The molecular formula is C12H14. The Bertz CT molecular complexity index is 287. The van der Waals surface area contributed by atoms with Crippen LogP contribution in [0.2, 0.25) is 0 Å². The van der Waals surface area contributed by atoms with E-state index in [4.69, 9.17) is 0 Å². The summed E-state index contributed by atoms with van der Waals surface area (Å²) in [4.78, 5) is 0. The summed E-state index contributed by atoms with van der Waals surface area (Å²) >= 11 is 0. The fourth-order valence-electron chi connectivity index (χ4n) is 1.52. The van der Waals surface area contributed by atoms with Crippen LogP contribution in [0.25, 0.3) is 0 Å². The Morgan fingerprint density at radius 3 is 2.42 bits per heavy atom. The maximum absolute atomic E-state index is 2.26. The minimum Gasteiger partial charge on any atom is -0.0703 e. The molecule has 0 atom stereocenters. The molecule has 0 nitrogen and oxygen atoms in total. The minimum absolute atomic E-state index is 1.15. The number of allylic oxidation sites excluding steroid dienone is 2. The average molecular weight is 158 g/mol. The second-order valence-corrected chi connectivity index (χ2v) is 3.55. The van der Waals surface area contributed by atoms with Crippen molar-refractivity contribution >= 4 is 0 Å². The molecule has 0 spiro atoms. The summed E-state index contributed by atoms with van der Waals surface area (Å²) < 4.78 is 0. The fraction of sp³-hybridized carbons (Fsp3) is 0.333. The molecule has 12 heavy (non-hydrogen) atoms. The Balaban J connectivity index is 2.09. The van der Waals surface area contributed by atoms with Gasteiger partial charge < -0.3 is 0 Å². The van der Waals surface area contributed by atoms with Crippen molar-refractivity contribution < 1.29 is 0 Å². The largest absolute Gasteiger partial charge is 0.0703 e. The molecule has 1 aliphatic carbocycles. The smallest absolute Gasteiger partial charge is 0.00672 e. The molecule has 0 aliphatic heterocycles. The molecule has 0 radical (unpaired) electrons. The molecule has 0 aromatic heterocycles. The summed E-state index contributed by atoms with van der Waals surface area (Å²) in [5, 5.41) is 0. The van der Waals surface area contributed by atoms with Gasteiger partial charge in [-0.25, -0.2) is 0 Å². The molecule has 0 heterocycles. The number of rotatable bonds is 2. The molecule has 1 fully saturated rings. The van der Waals surface area contributed by atoms with Gasteiger partial charge in [-0.05, 0) is 31.7 Å². The van der Waals surface area contributed by atoms with Crippen LogP contribution < -0.4 is 0 Å². The molecule has 1 saturated carbocycles. The molecule has 1 aromatic carbocycles. The van der Waals surface area contributed by atoms with Gasteiger partial charge in [0.1, 0.15) is 0 Å². The molecule has 2 rings (SSSR count). The van der Waals surface area contributed by atoms with Gasteiger partial charge in [-0.1, -0.05) is 41.5 Å². The van der Waals surface area contributed by atoms with Crippen molar-refractivity contribution in [2.75, 3.05) is 0 Å². The van der Waals surface area contributed by atoms with Gasteiger partial charge >= 0.3 is 0 Å². The van der Waals surface area contributed by atoms with Crippen LogP contribution in [0.4, 0.5) is 0 Å². The van der Waals surface area contributed by atoms with E-state index in [0.717, 1.165) is 6.42 Å². The van der Waals surface area contributed by atoms with Crippen LogP contribution in [0.15, 0.2) is 41.5 Å². The van der Waals surface area contributed by atoms with E-state index in [0.29, 0.717) is 0 Å². The van der Waals surface area contributed by atoms with Gasteiger partial charge in [-0.2, -0.15) is 0 Å². The van der Waals surface area contributed by atoms with Gasteiger partial charge in [0.05, 0.1) is 0 Å². The first-order chi connectivity index (χ1) is 5.86. The normalized spacial score (nSPS) is 14.6. The zero-order valence-electron chi connectivity index (χ0n) is 7.51. The molecule has 62 valence electrons. The summed E-state index contributed by atoms with van der Waals surface area (Å²) in [6.45, 7) is 2.26. The molecule has 1 aromatic rings. The van der Waals surface area contributed by atoms with Crippen LogP contribution in [0, 0.1) is 0 Å². The van der Waals surface area contributed by atoms with E-state index in [1.807, 2.05) is 0 Å². The summed E-state index contributed by atoms with van der Waals surface area (Å²) in [5.74, 6) is 0. The Morgan fingerprint density at radius 1 is 1.17 bits per heavy atom. The predicted molar refractivity (Wildman–Crippen MR) is 52.1 cm³/mol. The van der Waals surface area contributed by atoms with E-state index >= 15 is 0 Å². The zero-order chi connectivity index (χ0) is 8.39. The first-order valence-electron chi connectivity index (χ1n) is 4.57. The van der Waals surface area contributed by atoms with Crippen molar-refractivity contribution in [3.8, 4) is 0 Å². The van der Waals surface area contributed by atoms with Gasteiger partial charge in [-0.3, -0.25) is 0 Å². The lowest BCUT2D eigenvalue weighted by Gasteiger charge is -1.99. The van der Waals surface area contributed by atoms with Crippen molar-refractivity contribution in [1.29, 1.82) is 0 Å². The first-order valence-corrected chi connectivity index (χ1v) is 4.57. The summed E-state index contributed by atoms with van der Waals surface area (Å²) in [5.41, 5.74) is 4.70. The van der Waals surface area contributed by atoms with Gasteiger partial charge in [0, 0.05) is 0 Å². The molecular weight excluding hydrogens is 144 g/mol. The van der Waals surface area contributed by atoms with E-state index in [-0.39, 0.29) is 0 Å². The lowest BCUT2D eigenvalue weighted by molar-refractivity contribution is 1.13. The van der Waals surface area contributed by atoms with E-state index in [2.05, 4.69) is 37.3 Å². The average Bonchev–Trinajstić information content (AvgIpc) is 2.88. The number of hydrogen-bond donors (Lipinski definition) is 0. The predicted octanol–water partition coefficient (Wildman–Crippen LogP) is 3.34. The summed E-state index contributed by atoms with van der Waals surface area (Å²) in [6, 6.07) is 10.7. The highest BCUT2D eigenvalue weighted by Gasteiger charge is 2.14. The monoisotopic (exact) mass is 158 g/mol. The number of benzene rings is 1. The maximum Gasteiger partial charge on any atom is -0.00672 e. The van der Waals surface area contributed by atoms with Crippen LogP contribution in [-0.2, 0) is 6.42 Å². The Hall–Kier alpha value is -1.04. The second kappa shape index (κ2) is 3.14. The molecule has 0 N–H and O–H groups in total. The van der Waals surface area contributed by atoms with Crippen molar-refractivity contribution in [2.24, 2.45) is 0 Å². The Kier molecular flexibility index (Phi) is 1.99. The topological polar surface area (TPSA) is 0 Å². The van der Waals surface area contributed by atoms with Crippen LogP contribution in [0.5, 0.6) is 0 Å². The van der Waals surface area contributed by atoms with Crippen molar-refractivity contribution in [3.63, 3.8) is 0 Å². The van der Waals surface area contributed by atoms with Gasteiger partial charge in [0.2, 0.25) is 0 Å². The molecule has 0 bridgehead atoms. The van der Waals surface area contributed by atoms with Gasteiger partial charge in [0.25, 0.3) is 0 Å². The SMILES string of the molecule is CC(Cc1ccccc1)=C1CC1. The third kappa shape index (κ3) is 1.76. The quantitative estimate of drug-likeness (QED) is 0.579. The van der Waals surface area contributed by atoms with E-state index in [1.54, 1.807) is 11.1 Å². The van der Waals surface area contributed by atoms with Crippen LogP contribution in [0.1, 0.15) is 25.3 Å². The highest BCUT2D eigenvalue weighted by molar-refractivity contribution is 5.29. The third-order valence-corrected chi connectivity index (χ3v) is 2.42. The summed E-state index contributed by atoms with van der Waals surface area (Å²) in [6.07, 6.45) is 3.84. The van der Waals surface area contributed by atoms with Crippen LogP contribution >= 0.6 is 0 Å². The van der Waals surface area contributed by atoms with Gasteiger partial charge in [0.15, 0.2) is 0 Å². The zero-order valence-corrected chi connectivity index (χ0v) is 7.51. The van der Waals surface area contributed by atoms with Gasteiger partial charge in [-0.15, -0.1) is 0 Å². The van der Waals surface area contributed by atoms with Crippen molar-refractivity contribution in [1.82, 2.24) is 0 Å².